The molecule has 0 radical (unpaired) electrons. The number of hydrogen-bond donors (Lipinski definition) is 3. The number of nitrogens with zero attached hydrogens (tertiary/aromatic N) is 1. The lowest BCUT2D eigenvalue weighted by Crippen LogP contribution is -2.48. The van der Waals surface area contributed by atoms with Crippen LogP contribution in [0.4, 0.5) is 10.5 Å². The van der Waals surface area contributed by atoms with Crippen LogP contribution in [0.2, 0.25) is 0 Å². The first-order valence-electron chi connectivity index (χ1n) is 11.0. The number of benzene rings is 2. The Kier molecular flexibility index (Phi) is 6.73. The van der Waals surface area contributed by atoms with Crippen molar-refractivity contribution in [2.75, 3.05) is 24.4 Å². The monoisotopic (exact) mass is 486 g/mol. The molecule has 0 aliphatic carbocycles. The van der Waals surface area contributed by atoms with Gasteiger partial charge in [-0.1, -0.05) is 0 Å². The molecule has 0 spiro atoms. The quantitative estimate of drug-likeness (QED) is 0.512. The zero-order valence-electron chi connectivity index (χ0n) is 18.6. The first-order valence-corrected chi connectivity index (χ1v) is 12.5. The van der Waals surface area contributed by atoms with E-state index in [1.54, 1.807) is 29.2 Å². The van der Waals surface area contributed by atoms with E-state index in [4.69, 9.17) is 4.74 Å². The van der Waals surface area contributed by atoms with Crippen LogP contribution < -0.4 is 20.1 Å². The molecule has 0 unspecified atom stereocenters. The Hall–Kier alpha value is -3.60. The van der Waals surface area contributed by atoms with Crippen molar-refractivity contribution in [1.29, 1.82) is 0 Å². The Morgan fingerprint density at radius 1 is 1.12 bits per heavy atom. The summed E-state index contributed by atoms with van der Waals surface area (Å²) in [4.78, 5) is 38.1. The van der Waals surface area contributed by atoms with Crippen molar-refractivity contribution < 1.29 is 27.5 Å². The van der Waals surface area contributed by atoms with Gasteiger partial charge < -0.3 is 15.0 Å². The third-order valence-electron chi connectivity index (χ3n) is 5.85. The molecule has 2 aliphatic rings. The lowest BCUT2D eigenvalue weighted by atomic mass is 9.90. The molecular weight excluding hydrogens is 460 g/mol. The van der Waals surface area contributed by atoms with Crippen LogP contribution in [-0.2, 0) is 14.8 Å². The molecular formula is C23H26N4O6S. The van der Waals surface area contributed by atoms with Crippen LogP contribution in [0.3, 0.4) is 0 Å². The van der Waals surface area contributed by atoms with Gasteiger partial charge >= 0.3 is 6.03 Å². The third-order valence-corrected chi connectivity index (χ3v) is 7.25. The van der Waals surface area contributed by atoms with Crippen LogP contribution in [0.1, 0.15) is 30.1 Å². The van der Waals surface area contributed by atoms with E-state index in [0.29, 0.717) is 43.1 Å². The number of carbonyl (C=O) groups is 3. The number of nitrogens with one attached hydrogen (secondary N) is 3. The van der Waals surface area contributed by atoms with E-state index in [1.165, 1.54) is 24.3 Å². The van der Waals surface area contributed by atoms with Crippen LogP contribution in [-0.4, -0.2) is 56.9 Å². The Morgan fingerprint density at radius 3 is 2.44 bits per heavy atom. The van der Waals surface area contributed by atoms with Crippen molar-refractivity contribution >= 4 is 33.6 Å². The van der Waals surface area contributed by atoms with E-state index in [2.05, 4.69) is 15.4 Å². The number of sulfonamides is 1. The summed E-state index contributed by atoms with van der Waals surface area (Å²) in [6.45, 7) is 3.23. The lowest BCUT2D eigenvalue weighted by molar-refractivity contribution is -0.121. The van der Waals surface area contributed by atoms with Crippen LogP contribution >= 0.6 is 0 Å². The molecule has 2 saturated heterocycles. The van der Waals surface area contributed by atoms with Crippen LogP contribution in [0.25, 0.3) is 0 Å². The van der Waals surface area contributed by atoms with E-state index in [1.807, 2.05) is 6.92 Å². The lowest BCUT2D eigenvalue weighted by Gasteiger charge is -2.34. The topological polar surface area (TPSA) is 134 Å². The van der Waals surface area contributed by atoms with E-state index < -0.39 is 22.1 Å². The molecule has 4 rings (SSSR count). The predicted octanol–water partition coefficient (Wildman–Crippen LogP) is 1.95. The molecule has 2 aromatic carbocycles. The van der Waals surface area contributed by atoms with Gasteiger partial charge in [-0.3, -0.25) is 19.6 Å². The van der Waals surface area contributed by atoms with Gasteiger partial charge in [0.15, 0.2) is 0 Å². The summed E-state index contributed by atoms with van der Waals surface area (Å²) < 4.78 is 33.3. The number of ether oxygens (including phenoxy) is 1. The number of rotatable bonds is 7. The Morgan fingerprint density at radius 2 is 1.82 bits per heavy atom. The minimum Gasteiger partial charge on any atom is -0.494 e. The van der Waals surface area contributed by atoms with Gasteiger partial charge in [-0.15, -0.1) is 0 Å². The summed E-state index contributed by atoms with van der Waals surface area (Å²) in [5, 5.41) is 4.83. The summed E-state index contributed by atoms with van der Waals surface area (Å²) >= 11 is 0. The standard InChI is InChI=1S/C23H26N4O6S/c1-2-33-18-9-7-17(8-10-18)26-34(31,32)19-11-5-15(6-12-19)22(29)27-13-3-4-16(14-27)20-21(28)25-23(30)24-20/h5-12,16,20,26H,2-4,13-14H2,1H3,(H2,24,25,28,30)/t16-,20-/m0/s1. The number of likely N-dealkylation sites (tertiary alicyclic amines) is 1. The molecule has 0 saturated carbocycles. The van der Waals surface area contributed by atoms with Crippen molar-refractivity contribution in [1.82, 2.24) is 15.5 Å². The summed E-state index contributed by atoms with van der Waals surface area (Å²) in [5.41, 5.74) is 0.742. The average molecular weight is 487 g/mol. The van der Waals surface area contributed by atoms with Gasteiger partial charge in [-0.05, 0) is 68.3 Å². The van der Waals surface area contributed by atoms with E-state index in [9.17, 15) is 22.8 Å². The first-order chi connectivity index (χ1) is 16.3. The molecule has 4 amide bonds. The Labute approximate surface area is 197 Å². The maximum absolute atomic E-state index is 13.0. The van der Waals surface area contributed by atoms with Crippen molar-refractivity contribution in [3.63, 3.8) is 0 Å². The number of amides is 4. The zero-order valence-corrected chi connectivity index (χ0v) is 19.4. The summed E-state index contributed by atoms with van der Waals surface area (Å²) in [6, 6.07) is 11.1. The normalized spacial score (nSPS) is 20.4. The molecule has 10 nitrogen and oxygen atoms in total. The Balaban J connectivity index is 1.41. The minimum atomic E-state index is -3.84. The fourth-order valence-electron chi connectivity index (χ4n) is 4.19. The molecule has 11 heteroatoms. The zero-order chi connectivity index (χ0) is 24.3. The van der Waals surface area contributed by atoms with Crippen molar-refractivity contribution in [2.45, 2.75) is 30.7 Å². The maximum atomic E-state index is 13.0. The second-order valence-electron chi connectivity index (χ2n) is 8.18. The maximum Gasteiger partial charge on any atom is 0.322 e. The highest BCUT2D eigenvalue weighted by Crippen LogP contribution is 2.24. The largest absolute Gasteiger partial charge is 0.494 e. The molecule has 0 aromatic heterocycles. The van der Waals surface area contributed by atoms with Gasteiger partial charge in [0.2, 0.25) is 0 Å². The van der Waals surface area contributed by atoms with Gasteiger partial charge in [0.1, 0.15) is 11.8 Å². The number of urea groups is 1. The second kappa shape index (κ2) is 9.72. The molecule has 34 heavy (non-hydrogen) atoms. The molecule has 2 heterocycles. The molecule has 2 fully saturated rings. The molecule has 180 valence electrons. The van der Waals surface area contributed by atoms with Crippen molar-refractivity contribution in [3.05, 3.63) is 54.1 Å². The van der Waals surface area contributed by atoms with Crippen LogP contribution in [0, 0.1) is 5.92 Å². The first kappa shape index (κ1) is 23.6. The highest BCUT2D eigenvalue weighted by molar-refractivity contribution is 7.92. The predicted molar refractivity (Wildman–Crippen MR) is 124 cm³/mol. The average Bonchev–Trinajstić information content (AvgIpc) is 3.18. The van der Waals surface area contributed by atoms with Gasteiger partial charge in [0.25, 0.3) is 21.8 Å². The number of imide groups is 1. The smallest absolute Gasteiger partial charge is 0.322 e. The summed E-state index contributed by atoms with van der Waals surface area (Å²) in [7, 11) is -3.84. The van der Waals surface area contributed by atoms with Gasteiger partial charge in [-0.2, -0.15) is 0 Å². The van der Waals surface area contributed by atoms with Crippen LogP contribution in [0.15, 0.2) is 53.4 Å². The molecule has 2 aromatic rings. The van der Waals surface area contributed by atoms with E-state index >= 15 is 0 Å². The third kappa shape index (κ3) is 5.14. The van der Waals surface area contributed by atoms with Crippen LogP contribution in [0.5, 0.6) is 5.75 Å². The van der Waals surface area contributed by atoms with E-state index in [0.717, 1.165) is 6.42 Å². The highest BCUT2D eigenvalue weighted by atomic mass is 32.2. The van der Waals surface area contributed by atoms with Crippen molar-refractivity contribution in [2.24, 2.45) is 5.92 Å². The minimum absolute atomic E-state index is 0.0276. The van der Waals surface area contributed by atoms with Gasteiger partial charge in [-0.25, -0.2) is 13.2 Å². The molecule has 0 bridgehead atoms. The fourth-order valence-corrected chi connectivity index (χ4v) is 5.25. The van der Waals surface area contributed by atoms with Crippen molar-refractivity contribution in [3.8, 4) is 5.75 Å². The summed E-state index contributed by atoms with van der Waals surface area (Å²) in [5.74, 6) is -0.164. The van der Waals surface area contributed by atoms with Gasteiger partial charge in [0.05, 0.1) is 11.5 Å². The fraction of sp³-hybridized carbons (Fsp3) is 0.348. The Bertz CT molecular complexity index is 1180. The molecule has 2 atom stereocenters. The van der Waals surface area contributed by atoms with Gasteiger partial charge in [0, 0.05) is 30.3 Å². The molecule has 2 aliphatic heterocycles. The molecule has 3 N–H and O–H groups in total. The summed E-state index contributed by atoms with van der Waals surface area (Å²) in [6.07, 6.45) is 1.42. The highest BCUT2D eigenvalue weighted by Gasteiger charge is 2.39. The second-order valence-corrected chi connectivity index (χ2v) is 9.86. The number of piperidine rings is 1. The van der Waals surface area contributed by atoms with E-state index in [-0.39, 0.29) is 22.6 Å². The number of anilines is 1. The SMILES string of the molecule is CCOc1ccc(NS(=O)(=O)c2ccc(C(=O)N3CCC[C@H]([C@@H]4NC(=O)NC4=O)C3)cc2)cc1. The number of carbonyl (C=O) groups excluding carboxylic acids is 3. The number of hydrogen-bond acceptors (Lipinski definition) is 6.